The summed E-state index contributed by atoms with van der Waals surface area (Å²) in [5.41, 5.74) is 1.52. The number of aliphatic carboxylic acids is 1. The normalized spacial score (nSPS) is 14.3. The van der Waals surface area contributed by atoms with Gasteiger partial charge in [-0.15, -0.1) is 22.7 Å². The number of carbonyl (C=O) groups is 1. The molecule has 0 bridgehead atoms. The van der Waals surface area contributed by atoms with E-state index in [-0.39, 0.29) is 11.2 Å². The molecule has 0 saturated carbocycles. The van der Waals surface area contributed by atoms with Gasteiger partial charge in [-0.3, -0.25) is 0 Å². The van der Waals surface area contributed by atoms with Crippen LogP contribution in [0.25, 0.3) is 37.2 Å². The van der Waals surface area contributed by atoms with Gasteiger partial charge in [-0.1, -0.05) is 0 Å². The van der Waals surface area contributed by atoms with Crippen molar-refractivity contribution in [3.8, 4) is 26.3 Å². The number of carboxylic acid groups (broad SMARTS) is 1. The van der Waals surface area contributed by atoms with Crippen molar-refractivity contribution in [2.75, 3.05) is 18.0 Å². The first kappa shape index (κ1) is 22.1. The van der Waals surface area contributed by atoms with Crippen LogP contribution in [0.2, 0.25) is 0 Å². The number of piperidine rings is 1. The van der Waals surface area contributed by atoms with E-state index in [1.165, 1.54) is 48.0 Å². The van der Waals surface area contributed by atoms with Crippen molar-refractivity contribution in [3.63, 3.8) is 0 Å². The summed E-state index contributed by atoms with van der Waals surface area (Å²) in [6, 6.07) is 17.1. The molecule has 34 heavy (non-hydrogen) atoms. The van der Waals surface area contributed by atoms with Gasteiger partial charge >= 0.3 is 11.6 Å². The number of thiophene rings is 2. The molecule has 6 nitrogen and oxygen atoms in total. The SMILES string of the molecule is N#C/C(=C\c1ccc(-c2ccc(-c3cc4ccc(N5CCCCC5)cc4oc3=O)s2)s1)C(=O)O. The van der Waals surface area contributed by atoms with Crippen LogP contribution in [0.1, 0.15) is 24.1 Å². The van der Waals surface area contributed by atoms with E-state index in [4.69, 9.17) is 14.8 Å². The van der Waals surface area contributed by atoms with Crippen molar-refractivity contribution < 1.29 is 14.3 Å². The summed E-state index contributed by atoms with van der Waals surface area (Å²) in [7, 11) is 0. The third-order valence-electron chi connectivity index (χ3n) is 5.82. The van der Waals surface area contributed by atoms with E-state index in [1.807, 2.05) is 36.4 Å². The van der Waals surface area contributed by atoms with Crippen molar-refractivity contribution in [3.05, 3.63) is 69.4 Å². The van der Waals surface area contributed by atoms with Gasteiger partial charge < -0.3 is 14.4 Å². The molecule has 1 fully saturated rings. The lowest BCUT2D eigenvalue weighted by molar-refractivity contribution is -0.132. The highest BCUT2D eigenvalue weighted by Gasteiger charge is 2.15. The van der Waals surface area contributed by atoms with Crippen LogP contribution in [-0.4, -0.2) is 24.2 Å². The van der Waals surface area contributed by atoms with Crippen LogP contribution >= 0.6 is 22.7 Å². The zero-order valence-corrected chi connectivity index (χ0v) is 19.7. The average Bonchev–Trinajstić information content (AvgIpc) is 3.52. The highest BCUT2D eigenvalue weighted by molar-refractivity contribution is 7.24. The van der Waals surface area contributed by atoms with Crippen molar-refractivity contribution in [2.24, 2.45) is 0 Å². The zero-order valence-electron chi connectivity index (χ0n) is 18.1. The van der Waals surface area contributed by atoms with Gasteiger partial charge in [0.2, 0.25) is 0 Å². The number of hydrogen-bond acceptors (Lipinski definition) is 7. The van der Waals surface area contributed by atoms with E-state index < -0.39 is 5.97 Å². The number of carboxylic acids is 1. The third-order valence-corrected chi connectivity index (χ3v) is 8.17. The summed E-state index contributed by atoms with van der Waals surface area (Å²) in [5, 5.41) is 18.9. The van der Waals surface area contributed by atoms with Gasteiger partial charge in [0.15, 0.2) is 0 Å². The monoisotopic (exact) mass is 488 g/mol. The quantitative estimate of drug-likeness (QED) is 0.203. The van der Waals surface area contributed by atoms with Gasteiger partial charge in [0.1, 0.15) is 17.2 Å². The summed E-state index contributed by atoms with van der Waals surface area (Å²) < 4.78 is 5.71. The summed E-state index contributed by atoms with van der Waals surface area (Å²) >= 11 is 2.86. The molecule has 0 unspecified atom stereocenters. The Morgan fingerprint density at radius 2 is 1.74 bits per heavy atom. The highest BCUT2D eigenvalue weighted by Crippen LogP contribution is 2.38. The van der Waals surface area contributed by atoms with Crippen LogP contribution in [0.3, 0.4) is 0 Å². The van der Waals surface area contributed by atoms with Gasteiger partial charge in [0.05, 0.1) is 5.56 Å². The maximum absolute atomic E-state index is 12.8. The van der Waals surface area contributed by atoms with Crippen molar-refractivity contribution in [1.82, 2.24) is 0 Å². The molecule has 0 spiro atoms. The Morgan fingerprint density at radius 3 is 2.50 bits per heavy atom. The maximum Gasteiger partial charge on any atom is 0.346 e. The van der Waals surface area contributed by atoms with Crippen LogP contribution in [0.15, 0.2) is 63.3 Å². The molecule has 0 atom stereocenters. The molecule has 1 saturated heterocycles. The fourth-order valence-corrected chi connectivity index (χ4v) is 6.13. The molecular formula is C26H20N2O4S2. The van der Waals surface area contributed by atoms with E-state index in [0.717, 1.165) is 38.8 Å². The first-order valence-electron chi connectivity index (χ1n) is 10.9. The van der Waals surface area contributed by atoms with Crippen LogP contribution in [0, 0.1) is 11.3 Å². The molecule has 4 aromatic rings. The lowest BCUT2D eigenvalue weighted by Gasteiger charge is -2.28. The molecule has 5 rings (SSSR count). The second kappa shape index (κ2) is 9.29. The predicted molar refractivity (Wildman–Crippen MR) is 136 cm³/mol. The number of nitriles is 1. The average molecular weight is 489 g/mol. The van der Waals surface area contributed by atoms with Crippen molar-refractivity contribution >= 4 is 51.4 Å². The number of benzene rings is 1. The largest absolute Gasteiger partial charge is 0.477 e. The highest BCUT2D eigenvalue weighted by atomic mass is 32.1. The molecular weight excluding hydrogens is 468 g/mol. The smallest absolute Gasteiger partial charge is 0.346 e. The molecule has 4 heterocycles. The summed E-state index contributed by atoms with van der Waals surface area (Å²) in [6.07, 6.45) is 4.99. The Bertz CT molecular complexity index is 1510. The van der Waals surface area contributed by atoms with E-state index in [0.29, 0.717) is 16.0 Å². The van der Waals surface area contributed by atoms with Crippen molar-refractivity contribution in [2.45, 2.75) is 19.3 Å². The lowest BCUT2D eigenvalue weighted by atomic mass is 10.1. The van der Waals surface area contributed by atoms with Crippen LogP contribution in [0.5, 0.6) is 0 Å². The topological polar surface area (TPSA) is 94.5 Å². The van der Waals surface area contributed by atoms with Crippen LogP contribution < -0.4 is 10.5 Å². The lowest BCUT2D eigenvalue weighted by Crippen LogP contribution is -2.29. The molecule has 3 aromatic heterocycles. The molecule has 0 aliphatic carbocycles. The fraction of sp³-hybridized carbons (Fsp3) is 0.192. The second-order valence-corrected chi connectivity index (χ2v) is 10.3. The predicted octanol–water partition coefficient (Wildman–Crippen LogP) is 6.23. The standard InChI is InChI=1S/C26H20N2O4S2/c27-15-17(25(29)30)12-19-6-7-23(33-19)24-9-8-22(34-24)20-13-16-4-5-18(14-21(16)32-26(20)31)28-10-2-1-3-11-28/h4-9,12-14H,1-3,10-11H2,(H,29,30)/b17-12+. The first-order valence-corrected chi connectivity index (χ1v) is 12.5. The minimum absolute atomic E-state index is 0.308. The number of hydrogen-bond donors (Lipinski definition) is 1. The molecule has 0 radical (unpaired) electrons. The summed E-state index contributed by atoms with van der Waals surface area (Å²) in [6.45, 7) is 2.06. The fourth-order valence-electron chi connectivity index (χ4n) is 4.08. The minimum Gasteiger partial charge on any atom is -0.477 e. The number of anilines is 1. The van der Waals surface area contributed by atoms with Gasteiger partial charge in [0, 0.05) is 49.7 Å². The molecule has 1 aliphatic heterocycles. The van der Waals surface area contributed by atoms with Gasteiger partial charge in [-0.2, -0.15) is 5.26 Å². The van der Waals surface area contributed by atoms with Crippen LogP contribution in [-0.2, 0) is 4.79 Å². The molecule has 0 amide bonds. The molecule has 170 valence electrons. The molecule has 1 N–H and O–H groups in total. The summed E-state index contributed by atoms with van der Waals surface area (Å²) in [4.78, 5) is 29.6. The first-order chi connectivity index (χ1) is 16.5. The van der Waals surface area contributed by atoms with Gasteiger partial charge in [-0.05, 0) is 67.8 Å². The van der Waals surface area contributed by atoms with Crippen LogP contribution in [0.4, 0.5) is 5.69 Å². The Morgan fingerprint density at radius 1 is 1.00 bits per heavy atom. The third kappa shape index (κ3) is 4.40. The van der Waals surface area contributed by atoms with E-state index in [1.54, 1.807) is 12.1 Å². The Kier molecular flexibility index (Phi) is 6.05. The number of rotatable bonds is 5. The maximum atomic E-state index is 12.8. The summed E-state index contributed by atoms with van der Waals surface area (Å²) in [5.74, 6) is -1.25. The molecule has 8 heteroatoms. The zero-order chi connectivity index (χ0) is 23.7. The van der Waals surface area contributed by atoms with E-state index in [2.05, 4.69) is 11.0 Å². The van der Waals surface area contributed by atoms with E-state index >= 15 is 0 Å². The van der Waals surface area contributed by atoms with Gasteiger partial charge in [0.25, 0.3) is 0 Å². The second-order valence-electron chi connectivity index (χ2n) is 8.06. The van der Waals surface area contributed by atoms with Gasteiger partial charge in [-0.25, -0.2) is 9.59 Å². The molecule has 1 aliphatic rings. The number of fused-ring (bicyclic) bond motifs is 1. The van der Waals surface area contributed by atoms with E-state index in [9.17, 15) is 9.59 Å². The molecule has 1 aromatic carbocycles. The Hall–Kier alpha value is -3.67. The van der Waals surface area contributed by atoms with Crippen molar-refractivity contribution in [1.29, 1.82) is 5.26 Å². The minimum atomic E-state index is -1.25. The number of nitrogens with zero attached hydrogens (tertiary/aromatic N) is 2. The Balaban J connectivity index is 1.43. The Labute approximate surface area is 203 Å².